The van der Waals surface area contributed by atoms with Crippen LogP contribution in [0.3, 0.4) is 0 Å². The third-order valence-electron chi connectivity index (χ3n) is 3.78. The summed E-state index contributed by atoms with van der Waals surface area (Å²) in [6, 6.07) is 17.4. The molecular weight excluding hydrogens is 335 g/mol. The SMILES string of the molecule is CC[n+]1c(C=Cc2ccc(N(C)C)cc2)[se]c2ccccc21. The number of benzene rings is 2. The van der Waals surface area contributed by atoms with Gasteiger partial charge in [-0.25, -0.2) is 0 Å². The summed E-state index contributed by atoms with van der Waals surface area (Å²) in [5.74, 6) is 0. The zero-order chi connectivity index (χ0) is 15.5. The van der Waals surface area contributed by atoms with Gasteiger partial charge < -0.3 is 0 Å². The van der Waals surface area contributed by atoms with Crippen LogP contribution in [0.25, 0.3) is 21.9 Å². The molecule has 0 aliphatic heterocycles. The standard InChI is InChI=1S/C19H21N2Se/c1-4-21-17-7-5-6-8-18(17)22-19(21)14-11-15-9-12-16(13-10-15)20(2)3/h5-14H,4H2,1-3H3/q+1. The quantitative estimate of drug-likeness (QED) is 0.513. The average molecular weight is 356 g/mol. The van der Waals surface area contributed by atoms with Crippen molar-refractivity contribution in [1.29, 1.82) is 0 Å². The summed E-state index contributed by atoms with van der Waals surface area (Å²) in [5, 5.41) is 0. The van der Waals surface area contributed by atoms with E-state index in [1.54, 1.807) is 0 Å². The van der Waals surface area contributed by atoms with Crippen molar-refractivity contribution in [2.45, 2.75) is 13.5 Å². The summed E-state index contributed by atoms with van der Waals surface area (Å²) in [5.41, 5.74) is 3.87. The van der Waals surface area contributed by atoms with Gasteiger partial charge in [0.25, 0.3) is 0 Å². The van der Waals surface area contributed by atoms with Crippen LogP contribution in [0.1, 0.15) is 17.1 Å². The zero-order valence-corrected chi connectivity index (χ0v) is 15.0. The van der Waals surface area contributed by atoms with Gasteiger partial charge in [0, 0.05) is 0 Å². The summed E-state index contributed by atoms with van der Waals surface area (Å²) in [6.45, 7) is 3.25. The van der Waals surface area contributed by atoms with Gasteiger partial charge in [-0.3, -0.25) is 0 Å². The second kappa shape index (κ2) is 6.51. The zero-order valence-electron chi connectivity index (χ0n) is 13.3. The van der Waals surface area contributed by atoms with Crippen LogP contribution in [0.5, 0.6) is 0 Å². The van der Waals surface area contributed by atoms with Crippen LogP contribution in [-0.2, 0) is 6.54 Å². The summed E-state index contributed by atoms with van der Waals surface area (Å²) in [7, 11) is 4.14. The molecule has 2 aromatic carbocycles. The Labute approximate surface area is 138 Å². The van der Waals surface area contributed by atoms with Gasteiger partial charge >= 0.3 is 138 Å². The number of hydrogen-bond donors (Lipinski definition) is 0. The summed E-state index contributed by atoms with van der Waals surface area (Å²) in [6.07, 6.45) is 4.51. The Hall–Kier alpha value is -1.83. The fourth-order valence-corrected chi connectivity index (χ4v) is 4.92. The van der Waals surface area contributed by atoms with Crippen LogP contribution in [-0.4, -0.2) is 28.6 Å². The number of nitrogens with zero attached hydrogens (tertiary/aromatic N) is 2. The molecule has 0 radical (unpaired) electrons. The van der Waals surface area contributed by atoms with E-state index in [1.165, 1.54) is 25.6 Å². The first-order chi connectivity index (χ1) is 10.7. The average Bonchev–Trinajstić information content (AvgIpc) is 2.90. The molecule has 1 heterocycles. The third kappa shape index (κ3) is 3.01. The number of para-hydroxylation sites is 1. The maximum absolute atomic E-state index is 2.43. The fraction of sp³-hybridized carbons (Fsp3) is 0.211. The molecule has 0 saturated heterocycles. The Morgan fingerprint density at radius 3 is 2.41 bits per heavy atom. The minimum atomic E-state index is 0.409. The third-order valence-corrected chi connectivity index (χ3v) is 6.15. The van der Waals surface area contributed by atoms with Crippen LogP contribution < -0.4 is 9.47 Å². The van der Waals surface area contributed by atoms with Gasteiger partial charge in [-0.05, 0) is 0 Å². The fourth-order valence-electron chi connectivity index (χ4n) is 2.55. The molecule has 0 atom stereocenters. The molecule has 0 fully saturated rings. The minimum absolute atomic E-state index is 0.409. The number of fused-ring (bicyclic) bond motifs is 1. The van der Waals surface area contributed by atoms with E-state index in [0.717, 1.165) is 6.54 Å². The number of aromatic nitrogens is 1. The molecule has 1 aromatic heterocycles. The molecule has 0 unspecified atom stereocenters. The van der Waals surface area contributed by atoms with Crippen molar-refractivity contribution in [2.75, 3.05) is 19.0 Å². The van der Waals surface area contributed by atoms with Crippen molar-refractivity contribution < 1.29 is 4.57 Å². The molecule has 0 bridgehead atoms. The van der Waals surface area contributed by atoms with Gasteiger partial charge in [-0.1, -0.05) is 0 Å². The van der Waals surface area contributed by atoms with E-state index in [-0.39, 0.29) is 0 Å². The van der Waals surface area contributed by atoms with E-state index in [1.807, 2.05) is 0 Å². The van der Waals surface area contributed by atoms with Gasteiger partial charge in [0.15, 0.2) is 0 Å². The molecule has 0 amide bonds. The number of anilines is 1. The molecule has 0 N–H and O–H groups in total. The first kappa shape index (κ1) is 15.1. The molecule has 3 heteroatoms. The second-order valence-corrected chi connectivity index (χ2v) is 7.70. The predicted octanol–water partition coefficient (Wildman–Crippen LogP) is 3.44. The van der Waals surface area contributed by atoms with Crippen molar-refractivity contribution >= 4 is 42.1 Å². The van der Waals surface area contributed by atoms with Gasteiger partial charge in [0.2, 0.25) is 0 Å². The Kier molecular flexibility index (Phi) is 4.46. The summed E-state index contributed by atoms with van der Waals surface area (Å²) < 4.78 is 5.35. The molecule has 3 aromatic rings. The second-order valence-electron chi connectivity index (χ2n) is 5.47. The molecule has 22 heavy (non-hydrogen) atoms. The molecule has 0 spiro atoms. The number of rotatable bonds is 4. The molecule has 0 aliphatic rings. The maximum atomic E-state index is 2.43. The van der Waals surface area contributed by atoms with E-state index in [2.05, 4.69) is 91.2 Å². The number of hydrogen-bond acceptors (Lipinski definition) is 1. The summed E-state index contributed by atoms with van der Waals surface area (Å²) >= 11 is 0.409. The van der Waals surface area contributed by atoms with Crippen LogP contribution in [0, 0.1) is 0 Å². The molecule has 2 nitrogen and oxygen atoms in total. The van der Waals surface area contributed by atoms with Gasteiger partial charge in [0.05, 0.1) is 0 Å². The summed E-state index contributed by atoms with van der Waals surface area (Å²) in [4.78, 5) is 2.12. The topological polar surface area (TPSA) is 7.12 Å². The predicted molar refractivity (Wildman–Crippen MR) is 96.5 cm³/mol. The molecule has 3 rings (SSSR count). The van der Waals surface area contributed by atoms with Crippen LogP contribution in [0.4, 0.5) is 5.69 Å². The van der Waals surface area contributed by atoms with Gasteiger partial charge in [0.1, 0.15) is 0 Å². The Morgan fingerprint density at radius 1 is 1.00 bits per heavy atom. The van der Waals surface area contributed by atoms with Crippen molar-refractivity contribution in [3.05, 3.63) is 58.7 Å². The number of aryl methyl sites for hydroxylation is 1. The molecule has 0 saturated carbocycles. The van der Waals surface area contributed by atoms with E-state index in [4.69, 9.17) is 0 Å². The molecule has 112 valence electrons. The van der Waals surface area contributed by atoms with Crippen molar-refractivity contribution in [3.63, 3.8) is 0 Å². The normalized spacial score (nSPS) is 11.4. The van der Waals surface area contributed by atoms with Crippen molar-refractivity contribution in [3.8, 4) is 0 Å². The van der Waals surface area contributed by atoms with Gasteiger partial charge in [-0.2, -0.15) is 0 Å². The molecular formula is C19H21N2Se+. The van der Waals surface area contributed by atoms with Crippen molar-refractivity contribution in [2.24, 2.45) is 0 Å². The van der Waals surface area contributed by atoms with E-state index < -0.39 is 0 Å². The van der Waals surface area contributed by atoms with Crippen LogP contribution >= 0.6 is 0 Å². The first-order valence-electron chi connectivity index (χ1n) is 7.56. The Balaban J connectivity index is 1.92. The molecule has 0 aliphatic carbocycles. The van der Waals surface area contributed by atoms with E-state index >= 15 is 0 Å². The van der Waals surface area contributed by atoms with Crippen molar-refractivity contribution in [1.82, 2.24) is 0 Å². The van der Waals surface area contributed by atoms with E-state index in [9.17, 15) is 0 Å². The van der Waals surface area contributed by atoms with Crippen LogP contribution in [0.15, 0.2) is 48.5 Å². The van der Waals surface area contributed by atoms with Gasteiger partial charge in [-0.15, -0.1) is 0 Å². The van der Waals surface area contributed by atoms with E-state index in [0.29, 0.717) is 14.5 Å². The van der Waals surface area contributed by atoms with Crippen LogP contribution in [0.2, 0.25) is 0 Å². The monoisotopic (exact) mass is 357 g/mol. The first-order valence-corrected chi connectivity index (χ1v) is 9.27. The Bertz CT molecular complexity index is 798. The Morgan fingerprint density at radius 2 is 1.73 bits per heavy atom.